The summed E-state index contributed by atoms with van der Waals surface area (Å²) in [6.07, 6.45) is 6.07. The van der Waals surface area contributed by atoms with Gasteiger partial charge in [0.2, 0.25) is 5.16 Å². The molecule has 2 aromatic rings. The van der Waals surface area contributed by atoms with Gasteiger partial charge >= 0.3 is 5.97 Å². The fourth-order valence-corrected chi connectivity index (χ4v) is 4.04. The van der Waals surface area contributed by atoms with E-state index in [9.17, 15) is 9.59 Å². The quantitative estimate of drug-likeness (QED) is 0.538. The fourth-order valence-electron chi connectivity index (χ4n) is 3.71. The maximum atomic E-state index is 12.5. The first kappa shape index (κ1) is 20.6. The van der Waals surface area contributed by atoms with E-state index in [2.05, 4.69) is 22.0 Å². The van der Waals surface area contributed by atoms with Gasteiger partial charge in [-0.2, -0.15) is 4.98 Å². The number of aromatic nitrogens is 4. The van der Waals surface area contributed by atoms with Crippen molar-refractivity contribution in [3.63, 3.8) is 0 Å². The summed E-state index contributed by atoms with van der Waals surface area (Å²) in [5.41, 5.74) is 2.28. The second-order valence-electron chi connectivity index (χ2n) is 7.05. The number of amides is 1. The molecule has 28 heavy (non-hydrogen) atoms. The molecule has 8 nitrogen and oxygen atoms in total. The molecule has 0 unspecified atom stereocenters. The van der Waals surface area contributed by atoms with Crippen LogP contribution in [-0.2, 0) is 20.7 Å². The molecule has 1 fully saturated rings. The van der Waals surface area contributed by atoms with E-state index >= 15 is 0 Å². The highest BCUT2D eigenvalue weighted by Crippen LogP contribution is 2.20. The molecule has 1 atom stereocenters. The van der Waals surface area contributed by atoms with Crippen molar-refractivity contribution in [1.29, 1.82) is 0 Å². The van der Waals surface area contributed by atoms with Gasteiger partial charge in [-0.05, 0) is 45.8 Å². The van der Waals surface area contributed by atoms with Crippen LogP contribution in [0.4, 0.5) is 0 Å². The van der Waals surface area contributed by atoms with Gasteiger partial charge in [-0.3, -0.25) is 9.59 Å². The highest BCUT2D eigenvalue weighted by molar-refractivity contribution is 7.98. The molecule has 0 aliphatic carbocycles. The number of nitrogens with zero attached hydrogens (tertiary/aromatic N) is 5. The van der Waals surface area contributed by atoms with Gasteiger partial charge in [0.15, 0.2) is 6.61 Å². The Hall–Kier alpha value is -2.16. The SMILES string of the molecule is CC[C@H]1CCCCN1C(=O)COC(=O)Cc1c(C)nc2nc(SC)nn2c1C. The monoisotopic (exact) mass is 405 g/mol. The van der Waals surface area contributed by atoms with Crippen molar-refractivity contribution in [2.45, 2.75) is 64.1 Å². The molecule has 0 aromatic carbocycles. The van der Waals surface area contributed by atoms with E-state index in [4.69, 9.17) is 4.74 Å². The minimum atomic E-state index is -0.434. The van der Waals surface area contributed by atoms with Crippen LogP contribution in [0.1, 0.15) is 49.6 Å². The van der Waals surface area contributed by atoms with E-state index in [0.717, 1.165) is 49.2 Å². The average molecular weight is 406 g/mol. The number of rotatable bonds is 6. The molecule has 3 rings (SSSR count). The molecule has 9 heteroatoms. The summed E-state index contributed by atoms with van der Waals surface area (Å²) < 4.78 is 6.94. The Morgan fingerprint density at radius 1 is 1.25 bits per heavy atom. The van der Waals surface area contributed by atoms with Crippen LogP contribution in [0.5, 0.6) is 0 Å². The highest BCUT2D eigenvalue weighted by atomic mass is 32.2. The summed E-state index contributed by atoms with van der Waals surface area (Å²) in [6.45, 7) is 6.35. The van der Waals surface area contributed by atoms with Gasteiger partial charge in [-0.15, -0.1) is 5.10 Å². The summed E-state index contributed by atoms with van der Waals surface area (Å²) in [7, 11) is 0. The molecule has 152 valence electrons. The first-order chi connectivity index (χ1) is 13.4. The Bertz CT molecular complexity index is 882. The van der Waals surface area contributed by atoms with Crippen LogP contribution in [-0.4, -0.2) is 61.8 Å². The third-order valence-corrected chi connectivity index (χ3v) is 5.85. The number of esters is 1. The number of piperidine rings is 1. The number of aryl methyl sites for hydroxylation is 2. The molecule has 0 N–H and O–H groups in total. The first-order valence-electron chi connectivity index (χ1n) is 9.66. The largest absolute Gasteiger partial charge is 0.455 e. The minimum Gasteiger partial charge on any atom is -0.455 e. The number of thioether (sulfide) groups is 1. The van der Waals surface area contributed by atoms with E-state index in [-0.39, 0.29) is 25.0 Å². The molecule has 0 bridgehead atoms. The molecule has 3 heterocycles. The number of fused-ring (bicyclic) bond motifs is 1. The van der Waals surface area contributed by atoms with Crippen molar-refractivity contribution in [2.24, 2.45) is 0 Å². The molecule has 1 saturated heterocycles. The Labute approximate surface area is 169 Å². The van der Waals surface area contributed by atoms with Gasteiger partial charge in [0.1, 0.15) is 0 Å². The van der Waals surface area contributed by atoms with Gasteiger partial charge in [-0.25, -0.2) is 9.50 Å². The molecule has 0 radical (unpaired) electrons. The van der Waals surface area contributed by atoms with Crippen LogP contribution >= 0.6 is 11.8 Å². The van der Waals surface area contributed by atoms with Crippen molar-refractivity contribution < 1.29 is 14.3 Å². The zero-order valence-electron chi connectivity index (χ0n) is 16.9. The highest BCUT2D eigenvalue weighted by Gasteiger charge is 2.26. The Morgan fingerprint density at radius 3 is 2.75 bits per heavy atom. The van der Waals surface area contributed by atoms with Crippen molar-refractivity contribution >= 4 is 29.4 Å². The lowest BCUT2D eigenvalue weighted by Gasteiger charge is -2.35. The Balaban J connectivity index is 1.65. The molecule has 1 aliphatic heterocycles. The lowest BCUT2D eigenvalue weighted by Crippen LogP contribution is -2.45. The van der Waals surface area contributed by atoms with Crippen molar-refractivity contribution in [3.8, 4) is 0 Å². The Morgan fingerprint density at radius 2 is 2.04 bits per heavy atom. The second kappa shape index (κ2) is 8.89. The van der Waals surface area contributed by atoms with Gasteiger partial charge in [0.25, 0.3) is 11.7 Å². The topological polar surface area (TPSA) is 89.7 Å². The molecular formula is C19H27N5O3S. The molecular weight excluding hydrogens is 378 g/mol. The molecule has 1 aliphatic rings. The summed E-state index contributed by atoms with van der Waals surface area (Å²) in [4.78, 5) is 35.5. The fraction of sp³-hybridized carbons (Fsp3) is 0.632. The molecule has 2 aromatic heterocycles. The predicted octanol–water partition coefficient (Wildman–Crippen LogP) is 2.34. The maximum absolute atomic E-state index is 12.5. The predicted molar refractivity (Wildman–Crippen MR) is 106 cm³/mol. The second-order valence-corrected chi connectivity index (χ2v) is 7.83. The van der Waals surface area contributed by atoms with E-state index in [0.29, 0.717) is 10.9 Å². The van der Waals surface area contributed by atoms with E-state index < -0.39 is 5.97 Å². The lowest BCUT2D eigenvalue weighted by molar-refractivity contribution is -0.153. The summed E-state index contributed by atoms with van der Waals surface area (Å²) in [5.74, 6) is -0.0267. The third kappa shape index (κ3) is 4.29. The summed E-state index contributed by atoms with van der Waals surface area (Å²) in [5, 5.41) is 5.02. The zero-order valence-corrected chi connectivity index (χ0v) is 17.7. The van der Waals surface area contributed by atoms with Crippen LogP contribution in [0.15, 0.2) is 5.16 Å². The molecule has 0 spiro atoms. The van der Waals surface area contributed by atoms with Crippen LogP contribution < -0.4 is 0 Å². The summed E-state index contributed by atoms with van der Waals surface area (Å²) >= 11 is 1.44. The first-order valence-corrected chi connectivity index (χ1v) is 10.9. The van der Waals surface area contributed by atoms with Crippen molar-refractivity contribution in [3.05, 3.63) is 17.0 Å². The normalized spacial score (nSPS) is 17.1. The van der Waals surface area contributed by atoms with Crippen LogP contribution in [0.25, 0.3) is 5.78 Å². The summed E-state index contributed by atoms with van der Waals surface area (Å²) in [6, 6.07) is 0.258. The number of likely N-dealkylation sites (tertiary alicyclic amines) is 1. The van der Waals surface area contributed by atoms with Gasteiger partial charge in [-0.1, -0.05) is 18.7 Å². The maximum Gasteiger partial charge on any atom is 0.310 e. The molecule has 1 amide bonds. The minimum absolute atomic E-state index is 0.0551. The van der Waals surface area contributed by atoms with E-state index in [1.54, 1.807) is 4.52 Å². The third-order valence-electron chi connectivity index (χ3n) is 5.31. The lowest BCUT2D eigenvalue weighted by atomic mass is 10.00. The van der Waals surface area contributed by atoms with Gasteiger partial charge in [0, 0.05) is 29.5 Å². The standard InChI is InChI=1S/C19H27N5O3S/c1-5-14-8-6-7-9-23(14)16(25)11-27-17(26)10-15-12(2)20-18-21-19(28-4)22-24(18)13(15)3/h14H,5-11H2,1-4H3/t14-/m0/s1. The van der Waals surface area contributed by atoms with Gasteiger partial charge < -0.3 is 9.64 Å². The number of carbonyl (C=O) groups is 2. The van der Waals surface area contributed by atoms with Gasteiger partial charge in [0.05, 0.1) is 6.42 Å². The number of hydrogen-bond donors (Lipinski definition) is 0. The van der Waals surface area contributed by atoms with Crippen molar-refractivity contribution in [1.82, 2.24) is 24.5 Å². The number of hydrogen-bond acceptors (Lipinski definition) is 7. The van der Waals surface area contributed by atoms with E-state index in [1.165, 1.54) is 11.8 Å². The van der Waals surface area contributed by atoms with Crippen LogP contribution in [0.2, 0.25) is 0 Å². The van der Waals surface area contributed by atoms with Crippen molar-refractivity contribution in [2.75, 3.05) is 19.4 Å². The zero-order chi connectivity index (χ0) is 20.3. The van der Waals surface area contributed by atoms with Crippen LogP contribution in [0.3, 0.4) is 0 Å². The number of ether oxygens (including phenoxy) is 1. The smallest absolute Gasteiger partial charge is 0.310 e. The van der Waals surface area contributed by atoms with Crippen LogP contribution in [0, 0.1) is 13.8 Å². The van der Waals surface area contributed by atoms with E-state index in [1.807, 2.05) is 25.0 Å². The average Bonchev–Trinajstić information content (AvgIpc) is 3.12. The molecule has 0 saturated carbocycles. The number of carbonyl (C=O) groups excluding carboxylic acids is 2. The Kier molecular flexibility index (Phi) is 6.53.